The number of hydrogen-bond donors (Lipinski definition) is 2. The van der Waals surface area contributed by atoms with Gasteiger partial charge < -0.3 is 15.4 Å². The molecule has 28 heavy (non-hydrogen) atoms. The highest BCUT2D eigenvalue weighted by Gasteiger charge is 2.53. The predicted molar refractivity (Wildman–Crippen MR) is 109 cm³/mol. The van der Waals surface area contributed by atoms with Gasteiger partial charge in [-0.2, -0.15) is 5.10 Å². The fourth-order valence-electron chi connectivity index (χ4n) is 5.00. The number of hydrogen-bond acceptors (Lipinski definition) is 4. The molecule has 1 aliphatic carbocycles. The van der Waals surface area contributed by atoms with Gasteiger partial charge in [0, 0.05) is 19.6 Å². The second-order valence-corrected chi connectivity index (χ2v) is 8.33. The van der Waals surface area contributed by atoms with Crippen LogP contribution >= 0.6 is 0 Å². The highest BCUT2D eigenvalue weighted by atomic mass is 16.5. The summed E-state index contributed by atoms with van der Waals surface area (Å²) in [6, 6.07) is 10.2. The molecule has 1 fully saturated rings. The minimum atomic E-state index is -0.163. The van der Waals surface area contributed by atoms with Crippen molar-refractivity contribution in [2.75, 3.05) is 20.2 Å². The van der Waals surface area contributed by atoms with Crippen molar-refractivity contribution in [2.24, 2.45) is 7.05 Å². The summed E-state index contributed by atoms with van der Waals surface area (Å²) in [5.74, 6) is 0.180. The van der Waals surface area contributed by atoms with Crippen molar-refractivity contribution in [1.82, 2.24) is 20.4 Å². The summed E-state index contributed by atoms with van der Waals surface area (Å²) in [5.41, 5.74) is 3.96. The highest BCUT2D eigenvalue weighted by Crippen LogP contribution is 2.51. The molecule has 0 saturated carbocycles. The standard InChI is InChI=1S/C22H30N4O2/c1-14(2)17-13-18(26(3)25-17)21(27)24-19-15-7-5-6-8-16(15)22(20(19)28-4)9-11-23-12-10-22/h5-8,13-14,19-20,23H,9-12H2,1-4H3,(H,24,27)/t19-,20+/m1/s1. The van der Waals surface area contributed by atoms with Crippen LogP contribution < -0.4 is 10.6 Å². The lowest BCUT2D eigenvalue weighted by molar-refractivity contribution is 0.00388. The largest absolute Gasteiger partial charge is 0.378 e. The molecule has 1 spiro atoms. The molecular formula is C22H30N4O2. The Bertz CT molecular complexity index is 867. The fourth-order valence-corrected chi connectivity index (χ4v) is 5.00. The van der Waals surface area contributed by atoms with Crippen molar-refractivity contribution in [3.63, 3.8) is 0 Å². The number of fused-ring (bicyclic) bond motifs is 2. The van der Waals surface area contributed by atoms with E-state index < -0.39 is 0 Å². The van der Waals surface area contributed by atoms with Crippen molar-refractivity contribution in [2.45, 2.75) is 50.2 Å². The van der Waals surface area contributed by atoms with Gasteiger partial charge >= 0.3 is 0 Å². The zero-order valence-corrected chi connectivity index (χ0v) is 17.2. The van der Waals surface area contributed by atoms with Crippen molar-refractivity contribution < 1.29 is 9.53 Å². The van der Waals surface area contributed by atoms with Crippen LogP contribution in [-0.2, 0) is 17.2 Å². The summed E-state index contributed by atoms with van der Waals surface area (Å²) < 4.78 is 7.72. The topological polar surface area (TPSA) is 68.2 Å². The number of aryl methyl sites for hydroxylation is 1. The molecule has 6 nitrogen and oxygen atoms in total. The van der Waals surface area contributed by atoms with E-state index in [1.54, 1.807) is 11.8 Å². The van der Waals surface area contributed by atoms with Crippen molar-refractivity contribution in [3.05, 3.63) is 52.8 Å². The first-order valence-electron chi connectivity index (χ1n) is 10.2. The smallest absolute Gasteiger partial charge is 0.270 e. The van der Waals surface area contributed by atoms with Gasteiger partial charge in [-0.1, -0.05) is 38.1 Å². The highest BCUT2D eigenvalue weighted by molar-refractivity contribution is 5.93. The molecule has 1 aromatic heterocycles. The van der Waals surface area contributed by atoms with E-state index in [4.69, 9.17) is 4.74 Å². The van der Waals surface area contributed by atoms with Crippen LogP contribution in [0.3, 0.4) is 0 Å². The van der Waals surface area contributed by atoms with Gasteiger partial charge in [0.1, 0.15) is 5.69 Å². The minimum Gasteiger partial charge on any atom is -0.378 e. The summed E-state index contributed by atoms with van der Waals surface area (Å²) in [6.07, 6.45) is 1.95. The van der Waals surface area contributed by atoms with E-state index in [2.05, 4.69) is 47.8 Å². The molecule has 1 aromatic carbocycles. The number of nitrogens with zero attached hydrogens (tertiary/aromatic N) is 2. The summed E-state index contributed by atoms with van der Waals surface area (Å²) in [7, 11) is 3.59. The first-order chi connectivity index (χ1) is 13.5. The van der Waals surface area contributed by atoms with Gasteiger partial charge in [0.2, 0.25) is 0 Å². The Morgan fingerprint density at radius 3 is 2.68 bits per heavy atom. The number of aromatic nitrogens is 2. The Hall–Kier alpha value is -2.18. The Labute approximate surface area is 166 Å². The van der Waals surface area contributed by atoms with Gasteiger partial charge in [-0.05, 0) is 49.0 Å². The molecule has 1 amide bonds. The summed E-state index contributed by atoms with van der Waals surface area (Å²) in [6.45, 7) is 6.10. The van der Waals surface area contributed by atoms with E-state index in [0.29, 0.717) is 5.69 Å². The van der Waals surface area contributed by atoms with E-state index in [0.717, 1.165) is 31.6 Å². The van der Waals surface area contributed by atoms with Gasteiger partial charge in [0.15, 0.2) is 0 Å². The number of ether oxygens (including phenoxy) is 1. The van der Waals surface area contributed by atoms with Gasteiger partial charge in [-0.3, -0.25) is 9.48 Å². The maximum atomic E-state index is 13.2. The Morgan fingerprint density at radius 2 is 2.04 bits per heavy atom. The first-order valence-corrected chi connectivity index (χ1v) is 10.2. The predicted octanol–water partition coefficient (Wildman–Crippen LogP) is 2.66. The average molecular weight is 383 g/mol. The maximum Gasteiger partial charge on any atom is 0.270 e. The third-order valence-electron chi connectivity index (χ3n) is 6.44. The maximum absolute atomic E-state index is 13.2. The van der Waals surface area contributed by atoms with Crippen LogP contribution in [0.25, 0.3) is 0 Å². The molecule has 2 aromatic rings. The van der Waals surface area contributed by atoms with Crippen LogP contribution in [0.15, 0.2) is 30.3 Å². The van der Waals surface area contributed by atoms with Crippen LogP contribution in [0, 0.1) is 0 Å². The van der Waals surface area contributed by atoms with E-state index in [1.807, 2.05) is 19.2 Å². The Balaban J connectivity index is 1.68. The number of amides is 1. The fraction of sp³-hybridized carbons (Fsp3) is 0.545. The van der Waals surface area contributed by atoms with Gasteiger partial charge in [-0.15, -0.1) is 0 Å². The molecule has 0 bridgehead atoms. The van der Waals surface area contributed by atoms with Gasteiger partial charge in [0.05, 0.1) is 17.8 Å². The molecule has 2 aliphatic rings. The van der Waals surface area contributed by atoms with Crippen LogP contribution in [-0.4, -0.2) is 42.0 Å². The molecule has 1 aliphatic heterocycles. The molecule has 6 heteroatoms. The van der Waals surface area contributed by atoms with Crippen molar-refractivity contribution >= 4 is 5.91 Å². The lowest BCUT2D eigenvalue weighted by Crippen LogP contribution is -2.49. The van der Waals surface area contributed by atoms with Crippen LogP contribution in [0.1, 0.15) is 66.0 Å². The summed E-state index contributed by atoms with van der Waals surface area (Å²) >= 11 is 0. The number of benzene rings is 1. The van der Waals surface area contributed by atoms with Gasteiger partial charge in [-0.25, -0.2) is 0 Å². The Kier molecular flexibility index (Phi) is 5.02. The number of nitrogens with one attached hydrogen (secondary N) is 2. The number of carbonyl (C=O) groups excluding carboxylic acids is 1. The molecule has 2 N–H and O–H groups in total. The molecule has 0 unspecified atom stereocenters. The second kappa shape index (κ2) is 7.33. The zero-order chi connectivity index (χ0) is 19.9. The van der Waals surface area contributed by atoms with E-state index in [1.165, 1.54) is 11.1 Å². The van der Waals surface area contributed by atoms with Gasteiger partial charge in [0.25, 0.3) is 5.91 Å². The number of piperidine rings is 1. The number of carbonyl (C=O) groups is 1. The van der Waals surface area contributed by atoms with Crippen molar-refractivity contribution in [1.29, 1.82) is 0 Å². The van der Waals surface area contributed by atoms with Crippen molar-refractivity contribution in [3.8, 4) is 0 Å². The first kappa shape index (κ1) is 19.2. The monoisotopic (exact) mass is 382 g/mol. The molecule has 1 saturated heterocycles. The quantitative estimate of drug-likeness (QED) is 0.853. The molecule has 0 radical (unpaired) electrons. The molecule has 150 valence electrons. The summed E-state index contributed by atoms with van der Waals surface area (Å²) in [5, 5.41) is 11.2. The third-order valence-corrected chi connectivity index (χ3v) is 6.44. The lowest BCUT2D eigenvalue weighted by atomic mass is 9.72. The van der Waals surface area contributed by atoms with E-state index in [9.17, 15) is 4.79 Å². The zero-order valence-electron chi connectivity index (χ0n) is 17.2. The molecule has 2 heterocycles. The minimum absolute atomic E-state index is 0.0515. The van der Waals surface area contributed by atoms with Crippen LogP contribution in [0.5, 0.6) is 0 Å². The third kappa shape index (κ3) is 2.95. The summed E-state index contributed by atoms with van der Waals surface area (Å²) in [4.78, 5) is 13.2. The Morgan fingerprint density at radius 1 is 1.32 bits per heavy atom. The number of methoxy groups -OCH3 is 1. The SMILES string of the molecule is CO[C@H]1[C@H](NC(=O)c2cc(C(C)C)nn2C)c2ccccc2C12CCNCC2. The molecular weight excluding hydrogens is 352 g/mol. The van der Waals surface area contributed by atoms with E-state index >= 15 is 0 Å². The van der Waals surface area contributed by atoms with Crippen LogP contribution in [0.2, 0.25) is 0 Å². The average Bonchev–Trinajstić information content (AvgIpc) is 3.20. The second-order valence-electron chi connectivity index (χ2n) is 8.33. The molecule has 4 rings (SSSR count). The lowest BCUT2D eigenvalue weighted by Gasteiger charge is -2.40. The number of rotatable bonds is 4. The molecule has 2 atom stereocenters. The normalized spacial score (nSPS) is 23.2. The van der Waals surface area contributed by atoms with Crippen LogP contribution in [0.4, 0.5) is 0 Å². The van der Waals surface area contributed by atoms with E-state index in [-0.39, 0.29) is 29.4 Å².